The van der Waals surface area contributed by atoms with E-state index in [1.54, 1.807) is 42.6 Å². The van der Waals surface area contributed by atoms with E-state index in [0.29, 0.717) is 45.9 Å². The van der Waals surface area contributed by atoms with Gasteiger partial charge in [-0.15, -0.1) is 0 Å². The minimum absolute atomic E-state index is 0.0316. The van der Waals surface area contributed by atoms with Crippen LogP contribution in [0.1, 0.15) is 12.8 Å². The molecule has 0 aliphatic heterocycles. The highest BCUT2D eigenvalue weighted by Crippen LogP contribution is 2.59. The summed E-state index contributed by atoms with van der Waals surface area (Å²) in [4.78, 5) is 31.5. The molecule has 1 aromatic heterocycles. The van der Waals surface area contributed by atoms with Crippen LogP contribution in [0, 0.1) is 23.1 Å². The number of carbonyl (C=O) groups excluding carboxylic acids is 2. The minimum atomic E-state index is -1.28. The van der Waals surface area contributed by atoms with Gasteiger partial charge in [-0.3, -0.25) is 14.6 Å². The predicted molar refractivity (Wildman–Crippen MR) is 157 cm³/mol. The molecule has 9 heteroatoms. The fourth-order valence-corrected chi connectivity index (χ4v) is 5.40. The third kappa shape index (κ3) is 5.16. The molecule has 3 N–H and O–H groups in total. The number of rotatable bonds is 8. The first-order valence-electron chi connectivity index (χ1n) is 13.5. The number of halogens is 1. The van der Waals surface area contributed by atoms with Gasteiger partial charge in [-0.1, -0.05) is 24.3 Å². The summed E-state index contributed by atoms with van der Waals surface area (Å²) in [6.07, 6.45) is 11.0. The number of nitrogens with one attached hydrogen (secondary N) is 2. The van der Waals surface area contributed by atoms with Crippen LogP contribution in [0.3, 0.4) is 0 Å². The quantitative estimate of drug-likeness (QED) is 0.164. The number of phenolic OH excluding ortho intramolecular Hbond substituents is 1. The van der Waals surface area contributed by atoms with E-state index in [1.165, 1.54) is 37.4 Å². The number of benzene rings is 3. The van der Waals surface area contributed by atoms with Crippen molar-refractivity contribution in [3.8, 4) is 23.0 Å². The number of amides is 2. The standard InChI is InChI=1S/C33H28FN3O5/c1-41-30-18-27-25(17-28(30)38)29(15-16-35-27)42-24-13-11-23(12-14-24)37-32(40)33(19-26(33)20-5-3-2-4-6-20)31(39)36-22-9-7-21(34)8-10-22/h3-18,20,26,38H,2,19H2,1H3,(H,36,39)(H,37,40). The summed E-state index contributed by atoms with van der Waals surface area (Å²) in [5.74, 6) is -0.212. The van der Waals surface area contributed by atoms with Crippen LogP contribution in [-0.4, -0.2) is 29.0 Å². The molecule has 0 saturated heterocycles. The third-order valence-corrected chi connectivity index (χ3v) is 7.72. The second kappa shape index (κ2) is 11.0. The van der Waals surface area contributed by atoms with Crippen molar-refractivity contribution in [3.05, 3.63) is 103 Å². The number of anilines is 2. The summed E-state index contributed by atoms with van der Waals surface area (Å²) in [5.41, 5.74) is 0.241. The number of carbonyl (C=O) groups is 2. The average Bonchev–Trinajstić information content (AvgIpc) is 3.77. The smallest absolute Gasteiger partial charge is 0.240 e. The maximum atomic E-state index is 13.7. The predicted octanol–water partition coefficient (Wildman–Crippen LogP) is 6.60. The van der Waals surface area contributed by atoms with Crippen molar-refractivity contribution < 1.29 is 28.6 Å². The van der Waals surface area contributed by atoms with Crippen LogP contribution in [0.15, 0.2) is 97.2 Å². The molecule has 1 fully saturated rings. The Balaban J connectivity index is 1.20. The summed E-state index contributed by atoms with van der Waals surface area (Å²) in [5, 5.41) is 16.5. The van der Waals surface area contributed by atoms with E-state index < -0.39 is 23.0 Å². The van der Waals surface area contributed by atoms with E-state index in [-0.39, 0.29) is 17.6 Å². The molecular formula is C33H28FN3O5. The lowest BCUT2D eigenvalue weighted by atomic mass is 9.90. The van der Waals surface area contributed by atoms with Gasteiger partial charge in [-0.25, -0.2) is 4.39 Å². The SMILES string of the molecule is COc1cc2nccc(Oc3ccc(NC(=O)C4(C(=O)Nc5ccc(F)cc5)CC4C4C=CCC=C4)cc3)c2cc1O. The lowest BCUT2D eigenvalue weighted by molar-refractivity contribution is -0.132. The van der Waals surface area contributed by atoms with Gasteiger partial charge in [-0.2, -0.15) is 0 Å². The maximum absolute atomic E-state index is 13.7. The molecule has 2 aliphatic rings. The van der Waals surface area contributed by atoms with Crippen LogP contribution >= 0.6 is 0 Å². The van der Waals surface area contributed by atoms with Crippen LogP contribution in [0.2, 0.25) is 0 Å². The van der Waals surface area contributed by atoms with Crippen molar-refractivity contribution in [3.63, 3.8) is 0 Å². The zero-order valence-corrected chi connectivity index (χ0v) is 22.7. The van der Waals surface area contributed by atoms with Crippen molar-refractivity contribution >= 4 is 34.1 Å². The molecule has 0 bridgehead atoms. The number of phenols is 1. The largest absolute Gasteiger partial charge is 0.504 e. The molecule has 1 saturated carbocycles. The molecule has 212 valence electrons. The summed E-state index contributed by atoms with van der Waals surface area (Å²) in [6, 6.07) is 17.1. The van der Waals surface area contributed by atoms with Gasteiger partial charge in [-0.05, 0) is 85.3 Å². The van der Waals surface area contributed by atoms with Gasteiger partial charge in [0.25, 0.3) is 0 Å². The zero-order chi connectivity index (χ0) is 29.3. The van der Waals surface area contributed by atoms with Crippen LogP contribution in [0.25, 0.3) is 10.9 Å². The Morgan fingerprint density at radius 1 is 0.929 bits per heavy atom. The monoisotopic (exact) mass is 565 g/mol. The van der Waals surface area contributed by atoms with Crippen LogP contribution < -0.4 is 20.1 Å². The second-order valence-corrected chi connectivity index (χ2v) is 10.3. The molecular weight excluding hydrogens is 537 g/mol. The Bertz CT molecular complexity index is 1710. The van der Waals surface area contributed by atoms with E-state index in [0.717, 1.165) is 6.42 Å². The fourth-order valence-electron chi connectivity index (χ4n) is 5.40. The van der Waals surface area contributed by atoms with Gasteiger partial charge in [0.05, 0.1) is 12.6 Å². The van der Waals surface area contributed by atoms with Gasteiger partial charge in [0, 0.05) is 29.0 Å². The molecule has 4 aromatic rings. The summed E-state index contributed by atoms with van der Waals surface area (Å²) >= 11 is 0. The molecule has 0 spiro atoms. The molecule has 8 nitrogen and oxygen atoms in total. The van der Waals surface area contributed by atoms with Gasteiger partial charge < -0.3 is 25.2 Å². The van der Waals surface area contributed by atoms with Crippen molar-refractivity contribution in [2.75, 3.05) is 17.7 Å². The number of hydrogen-bond donors (Lipinski definition) is 3. The molecule has 6 rings (SSSR count). The average molecular weight is 566 g/mol. The molecule has 0 radical (unpaired) electrons. The minimum Gasteiger partial charge on any atom is -0.504 e. The summed E-state index contributed by atoms with van der Waals surface area (Å²) in [7, 11) is 1.47. The molecule has 3 aromatic carbocycles. The maximum Gasteiger partial charge on any atom is 0.240 e. The number of nitrogens with zero attached hydrogens (tertiary/aromatic N) is 1. The van der Waals surface area contributed by atoms with E-state index in [4.69, 9.17) is 9.47 Å². The Kier molecular flexibility index (Phi) is 7.08. The van der Waals surface area contributed by atoms with Crippen LogP contribution in [-0.2, 0) is 9.59 Å². The molecule has 2 atom stereocenters. The highest BCUT2D eigenvalue weighted by atomic mass is 19.1. The number of methoxy groups -OCH3 is 1. The Labute approximate surface area is 241 Å². The van der Waals surface area contributed by atoms with Gasteiger partial charge in [0.15, 0.2) is 11.5 Å². The summed E-state index contributed by atoms with van der Waals surface area (Å²) < 4.78 is 24.6. The van der Waals surface area contributed by atoms with Crippen LogP contribution in [0.5, 0.6) is 23.0 Å². The van der Waals surface area contributed by atoms with E-state index in [2.05, 4.69) is 15.6 Å². The number of aromatic nitrogens is 1. The zero-order valence-electron chi connectivity index (χ0n) is 22.7. The number of hydrogen-bond acceptors (Lipinski definition) is 6. The van der Waals surface area contributed by atoms with Crippen molar-refractivity contribution in [2.45, 2.75) is 12.8 Å². The van der Waals surface area contributed by atoms with E-state index in [1.807, 2.05) is 24.3 Å². The number of pyridine rings is 1. The fraction of sp³-hybridized carbons (Fsp3) is 0.182. The highest BCUT2D eigenvalue weighted by Gasteiger charge is 2.67. The second-order valence-electron chi connectivity index (χ2n) is 10.3. The van der Waals surface area contributed by atoms with Crippen LogP contribution in [0.4, 0.5) is 15.8 Å². The summed E-state index contributed by atoms with van der Waals surface area (Å²) in [6.45, 7) is 0. The normalized spacial score (nSPS) is 19.3. The van der Waals surface area contributed by atoms with Crippen molar-refractivity contribution in [1.82, 2.24) is 4.98 Å². The molecule has 42 heavy (non-hydrogen) atoms. The Hall–Kier alpha value is -5.18. The number of allylic oxidation sites excluding steroid dienone is 4. The Morgan fingerprint density at radius 2 is 1.57 bits per heavy atom. The number of aromatic hydroxyl groups is 1. The first kappa shape index (κ1) is 27.0. The molecule has 1 heterocycles. The van der Waals surface area contributed by atoms with Crippen molar-refractivity contribution in [2.24, 2.45) is 17.3 Å². The van der Waals surface area contributed by atoms with E-state index >= 15 is 0 Å². The van der Waals surface area contributed by atoms with Gasteiger partial charge in [0.1, 0.15) is 22.7 Å². The lowest BCUT2D eigenvalue weighted by Gasteiger charge is -2.20. The highest BCUT2D eigenvalue weighted by molar-refractivity contribution is 6.17. The lowest BCUT2D eigenvalue weighted by Crippen LogP contribution is -2.38. The number of ether oxygens (including phenoxy) is 2. The first-order valence-corrected chi connectivity index (χ1v) is 13.5. The molecule has 2 amide bonds. The topological polar surface area (TPSA) is 110 Å². The molecule has 2 aliphatic carbocycles. The first-order chi connectivity index (χ1) is 20.4. The van der Waals surface area contributed by atoms with E-state index in [9.17, 15) is 19.1 Å². The molecule has 2 unspecified atom stereocenters. The third-order valence-electron chi connectivity index (χ3n) is 7.72. The Morgan fingerprint density at radius 3 is 2.21 bits per heavy atom. The number of fused-ring (bicyclic) bond motifs is 1. The van der Waals surface area contributed by atoms with Gasteiger partial charge >= 0.3 is 0 Å². The van der Waals surface area contributed by atoms with Crippen molar-refractivity contribution in [1.29, 1.82) is 0 Å². The van der Waals surface area contributed by atoms with Gasteiger partial charge in [0.2, 0.25) is 11.8 Å².